The summed E-state index contributed by atoms with van der Waals surface area (Å²) in [4.78, 5) is 81.8. The number of unbranched alkanes of at least 4 members (excludes halogenated alkanes) is 2. The molecule has 0 saturated carbocycles. The van der Waals surface area contributed by atoms with Crippen LogP contribution in [0.1, 0.15) is 85.8 Å². The van der Waals surface area contributed by atoms with E-state index in [2.05, 4.69) is 27.6 Å². The van der Waals surface area contributed by atoms with E-state index >= 15 is 0 Å². The van der Waals surface area contributed by atoms with Gasteiger partial charge in [0.1, 0.15) is 24.2 Å². The molecule has 0 saturated heterocycles. The minimum atomic E-state index is -1.30. The van der Waals surface area contributed by atoms with Gasteiger partial charge < -0.3 is 34.6 Å². The van der Waals surface area contributed by atoms with Gasteiger partial charge in [0.05, 0.1) is 45.9 Å². The molecule has 0 bridgehead atoms. The van der Waals surface area contributed by atoms with Crippen LogP contribution in [-0.2, 0) is 40.1 Å². The van der Waals surface area contributed by atoms with E-state index in [1.807, 2.05) is 37.3 Å². The molecular weight excluding hydrogens is 700 g/mol. The minimum Gasteiger partial charge on any atom is -0.494 e. The molecule has 2 aromatic carbocycles. The molecule has 3 N–H and O–H groups in total. The normalized spacial score (nSPS) is 12.4. The van der Waals surface area contributed by atoms with Crippen molar-refractivity contribution in [1.82, 2.24) is 21.0 Å². The van der Waals surface area contributed by atoms with Crippen molar-refractivity contribution in [1.29, 1.82) is 0 Å². The number of rotatable bonds is 23. The Morgan fingerprint density at radius 1 is 0.889 bits per heavy atom. The molecule has 3 aromatic rings. The third-order valence-corrected chi connectivity index (χ3v) is 8.49. The molecule has 4 amide bonds. The Bertz CT molecular complexity index is 1690. The molecule has 15 nitrogen and oxygen atoms in total. The fraction of sp³-hybridized carbons (Fsp3) is 0.436. The van der Waals surface area contributed by atoms with Gasteiger partial charge in [-0.15, -0.1) is 0 Å². The number of benzene rings is 2. The lowest BCUT2D eigenvalue weighted by atomic mass is 9.90. The lowest BCUT2D eigenvalue weighted by Crippen LogP contribution is -2.48. The van der Waals surface area contributed by atoms with E-state index in [-0.39, 0.29) is 42.9 Å². The molecule has 3 rings (SSSR count). The predicted octanol–water partition coefficient (Wildman–Crippen LogP) is 4.55. The summed E-state index contributed by atoms with van der Waals surface area (Å²) in [7, 11) is 2.29. The number of nitrogens with one attached hydrogen (secondary N) is 3. The Hall–Kier alpha value is -5.70. The number of ether oxygens (including phenoxy) is 3. The zero-order valence-corrected chi connectivity index (χ0v) is 31.4. The average molecular weight is 751 g/mol. The highest BCUT2D eigenvalue weighted by Crippen LogP contribution is 2.28. The zero-order chi connectivity index (χ0) is 39.5. The Morgan fingerprint density at radius 3 is 2.30 bits per heavy atom. The summed E-state index contributed by atoms with van der Waals surface area (Å²) < 4.78 is 20.8. The fourth-order valence-electron chi connectivity index (χ4n) is 5.68. The van der Waals surface area contributed by atoms with Crippen molar-refractivity contribution in [2.75, 3.05) is 27.5 Å². The first-order valence-corrected chi connectivity index (χ1v) is 17.9. The van der Waals surface area contributed by atoms with Gasteiger partial charge in [0, 0.05) is 11.1 Å². The first-order chi connectivity index (χ1) is 26.1. The van der Waals surface area contributed by atoms with Crippen molar-refractivity contribution >= 4 is 36.1 Å². The SMILES string of the molecule is CCCCCC(C(=O)NCNC(=O)c1ccc(-c2cc(OCC)cc(C(=O)NC(CC(=O)OC)C(=O)OC)c2)o1)C(CC)N(C=O)OCc1ccccc1. The van der Waals surface area contributed by atoms with Crippen LogP contribution in [0, 0.1) is 5.92 Å². The fourth-order valence-corrected chi connectivity index (χ4v) is 5.68. The summed E-state index contributed by atoms with van der Waals surface area (Å²) in [5.41, 5.74) is 1.34. The van der Waals surface area contributed by atoms with Gasteiger partial charge in [-0.3, -0.25) is 28.8 Å². The molecule has 1 aromatic heterocycles. The van der Waals surface area contributed by atoms with Gasteiger partial charge in [0.15, 0.2) is 5.76 Å². The van der Waals surface area contributed by atoms with E-state index in [0.29, 0.717) is 30.6 Å². The van der Waals surface area contributed by atoms with E-state index in [4.69, 9.17) is 18.7 Å². The molecule has 3 atom stereocenters. The lowest BCUT2D eigenvalue weighted by molar-refractivity contribution is -0.200. The van der Waals surface area contributed by atoms with Crippen molar-refractivity contribution in [3.8, 4) is 17.1 Å². The minimum absolute atomic E-state index is 0.0664. The van der Waals surface area contributed by atoms with Crippen LogP contribution < -0.4 is 20.7 Å². The summed E-state index contributed by atoms with van der Waals surface area (Å²) in [6.07, 6.45) is 3.76. The van der Waals surface area contributed by atoms with E-state index in [1.165, 1.54) is 29.3 Å². The van der Waals surface area contributed by atoms with Crippen molar-refractivity contribution in [2.45, 2.75) is 78.0 Å². The maximum atomic E-state index is 13.5. The van der Waals surface area contributed by atoms with Crippen LogP contribution in [0.3, 0.4) is 0 Å². The Labute approximate surface area is 315 Å². The van der Waals surface area contributed by atoms with Crippen LogP contribution >= 0.6 is 0 Å². The standard InChI is InChI=1S/C39H50N4O11/c1-6-9-11-16-30(32(7-2)43(25-44)53-23-26-14-12-10-13-15-26)37(47)40-24-41-38(48)34-18-17-33(54-34)27-19-28(21-29(20-27)52-8-3)36(46)42-31(39(49)51-5)22-35(45)50-4/h10,12-15,17-21,25,30-32H,6-9,11,16,22-24H2,1-5H3,(H,40,47)(H,41,48)(H,42,46). The van der Waals surface area contributed by atoms with Crippen molar-refractivity contribution in [3.05, 3.63) is 77.6 Å². The van der Waals surface area contributed by atoms with Gasteiger partial charge in [-0.2, -0.15) is 0 Å². The summed E-state index contributed by atoms with van der Waals surface area (Å²) in [6, 6.07) is 15.1. The van der Waals surface area contributed by atoms with Crippen LogP contribution in [0.2, 0.25) is 0 Å². The number of hydrogen-bond acceptors (Lipinski definition) is 11. The van der Waals surface area contributed by atoms with Gasteiger partial charge >= 0.3 is 11.9 Å². The van der Waals surface area contributed by atoms with E-state index in [9.17, 15) is 28.8 Å². The molecule has 292 valence electrons. The topological polar surface area (TPSA) is 192 Å². The zero-order valence-electron chi connectivity index (χ0n) is 31.4. The lowest BCUT2D eigenvalue weighted by Gasteiger charge is -2.32. The summed E-state index contributed by atoms with van der Waals surface area (Å²) >= 11 is 0. The van der Waals surface area contributed by atoms with Gasteiger partial charge in [-0.25, -0.2) is 9.86 Å². The molecule has 1 heterocycles. The molecule has 15 heteroatoms. The number of nitrogens with zero attached hydrogens (tertiary/aromatic N) is 1. The number of carbonyl (C=O) groups excluding carboxylic acids is 6. The highest BCUT2D eigenvalue weighted by molar-refractivity contribution is 5.99. The van der Waals surface area contributed by atoms with E-state index < -0.39 is 48.2 Å². The number of hydrogen-bond donors (Lipinski definition) is 3. The highest BCUT2D eigenvalue weighted by Gasteiger charge is 2.32. The van der Waals surface area contributed by atoms with Crippen LogP contribution in [0.4, 0.5) is 0 Å². The Kier molecular flexibility index (Phi) is 17.7. The first-order valence-electron chi connectivity index (χ1n) is 17.9. The molecule has 0 spiro atoms. The molecule has 3 unspecified atom stereocenters. The van der Waals surface area contributed by atoms with Gasteiger partial charge in [0.25, 0.3) is 11.8 Å². The maximum absolute atomic E-state index is 13.5. The summed E-state index contributed by atoms with van der Waals surface area (Å²) in [5, 5.41) is 9.09. The van der Waals surface area contributed by atoms with Crippen LogP contribution in [0.25, 0.3) is 11.3 Å². The largest absolute Gasteiger partial charge is 0.494 e. The molecule has 0 aliphatic heterocycles. The van der Waals surface area contributed by atoms with Crippen molar-refractivity contribution < 1.29 is 52.2 Å². The van der Waals surface area contributed by atoms with Gasteiger partial charge in [-0.05, 0) is 55.7 Å². The second-order valence-electron chi connectivity index (χ2n) is 12.2. The smallest absolute Gasteiger partial charge is 0.328 e. The van der Waals surface area contributed by atoms with Crippen molar-refractivity contribution in [2.24, 2.45) is 5.92 Å². The second kappa shape index (κ2) is 22.4. The Morgan fingerprint density at radius 2 is 1.65 bits per heavy atom. The molecule has 0 aliphatic carbocycles. The first kappa shape index (κ1) is 42.7. The van der Waals surface area contributed by atoms with Crippen molar-refractivity contribution in [3.63, 3.8) is 0 Å². The number of methoxy groups -OCH3 is 2. The van der Waals surface area contributed by atoms with E-state index in [1.54, 1.807) is 13.0 Å². The quantitative estimate of drug-likeness (QED) is 0.0405. The number of hydroxylamine groups is 2. The molecule has 0 aliphatic rings. The molecule has 0 radical (unpaired) electrons. The predicted molar refractivity (Wildman–Crippen MR) is 197 cm³/mol. The van der Waals surface area contributed by atoms with Crippen LogP contribution in [0.15, 0.2) is 65.1 Å². The summed E-state index contributed by atoms with van der Waals surface area (Å²) in [5.74, 6) is -3.33. The van der Waals surface area contributed by atoms with Crippen LogP contribution in [-0.4, -0.2) is 80.7 Å². The summed E-state index contributed by atoms with van der Waals surface area (Å²) in [6.45, 7) is 5.94. The number of esters is 2. The molecular formula is C39H50N4O11. The van der Waals surface area contributed by atoms with Gasteiger partial charge in [0.2, 0.25) is 12.3 Å². The Balaban J connectivity index is 1.71. The molecule has 54 heavy (non-hydrogen) atoms. The monoisotopic (exact) mass is 750 g/mol. The highest BCUT2D eigenvalue weighted by atomic mass is 16.7. The molecule has 0 fully saturated rings. The second-order valence-corrected chi connectivity index (χ2v) is 12.2. The third-order valence-electron chi connectivity index (χ3n) is 8.49. The van der Waals surface area contributed by atoms with Crippen LogP contribution in [0.5, 0.6) is 5.75 Å². The third kappa shape index (κ3) is 12.8. The average Bonchev–Trinajstić information content (AvgIpc) is 3.69. The number of furan rings is 1. The van der Waals surface area contributed by atoms with E-state index in [0.717, 1.165) is 39.0 Å². The number of amides is 4. The van der Waals surface area contributed by atoms with Gasteiger partial charge in [-0.1, -0.05) is 63.4 Å². The maximum Gasteiger partial charge on any atom is 0.328 e. The number of carbonyl (C=O) groups is 6.